The molecule has 1 aliphatic rings. The van der Waals surface area contributed by atoms with E-state index in [0.29, 0.717) is 26.2 Å². The van der Waals surface area contributed by atoms with Crippen molar-refractivity contribution in [3.63, 3.8) is 0 Å². The second kappa shape index (κ2) is 7.24. The lowest BCUT2D eigenvalue weighted by molar-refractivity contribution is -0.140. The molecule has 6 heteroatoms. The predicted molar refractivity (Wildman–Crippen MR) is 61.8 cm³/mol. The number of hydrogen-bond acceptors (Lipinski definition) is 4. The molecule has 0 saturated carbocycles. The van der Waals surface area contributed by atoms with Crippen LogP contribution in [-0.4, -0.2) is 72.7 Å². The van der Waals surface area contributed by atoms with Crippen molar-refractivity contribution < 1.29 is 19.4 Å². The summed E-state index contributed by atoms with van der Waals surface area (Å²) in [6, 6.07) is 0. The maximum absolute atomic E-state index is 11.6. The fourth-order valence-electron chi connectivity index (χ4n) is 1.76. The second-order valence-corrected chi connectivity index (χ2v) is 4.00. The predicted octanol–water partition coefficient (Wildman–Crippen LogP) is -0.358. The number of ether oxygens (including phenoxy) is 1. The largest absolute Gasteiger partial charge is 0.481 e. The van der Waals surface area contributed by atoms with Crippen LogP contribution in [0.5, 0.6) is 0 Å². The van der Waals surface area contributed by atoms with Crippen LogP contribution in [-0.2, 0) is 14.3 Å². The van der Waals surface area contributed by atoms with Crippen molar-refractivity contribution in [2.75, 3.05) is 45.9 Å². The molecule has 0 atom stereocenters. The summed E-state index contributed by atoms with van der Waals surface area (Å²) in [4.78, 5) is 25.9. The topological polar surface area (TPSA) is 70.1 Å². The molecule has 1 fully saturated rings. The minimum Gasteiger partial charge on any atom is -0.481 e. The first-order valence-electron chi connectivity index (χ1n) is 5.93. The maximum atomic E-state index is 11.6. The molecule has 0 unspecified atom stereocenters. The number of carboxylic acids is 1. The first-order chi connectivity index (χ1) is 8.13. The Morgan fingerprint density at radius 3 is 2.41 bits per heavy atom. The molecule has 0 aliphatic carbocycles. The molecule has 98 valence electrons. The molecule has 1 N–H and O–H groups in total. The molecule has 1 aliphatic heterocycles. The Hall–Kier alpha value is -1.14. The number of amides is 1. The van der Waals surface area contributed by atoms with Gasteiger partial charge in [-0.15, -0.1) is 0 Å². The lowest BCUT2D eigenvalue weighted by atomic mass is 10.3. The normalized spacial score (nSPS) is 17.1. The van der Waals surface area contributed by atoms with Crippen LogP contribution in [0.15, 0.2) is 0 Å². The van der Waals surface area contributed by atoms with Gasteiger partial charge in [-0.2, -0.15) is 0 Å². The van der Waals surface area contributed by atoms with Gasteiger partial charge in [0.2, 0.25) is 5.91 Å². The highest BCUT2D eigenvalue weighted by atomic mass is 16.5. The summed E-state index contributed by atoms with van der Waals surface area (Å²) >= 11 is 0. The van der Waals surface area contributed by atoms with E-state index in [1.54, 1.807) is 4.90 Å². The molecule has 0 bridgehead atoms. The molecular weight excluding hydrogens is 224 g/mol. The zero-order valence-electron chi connectivity index (χ0n) is 10.2. The fraction of sp³-hybridized carbons (Fsp3) is 0.818. The van der Waals surface area contributed by atoms with E-state index < -0.39 is 5.97 Å². The monoisotopic (exact) mass is 244 g/mol. The highest BCUT2D eigenvalue weighted by molar-refractivity contribution is 5.77. The van der Waals surface area contributed by atoms with Gasteiger partial charge in [-0.3, -0.25) is 14.5 Å². The second-order valence-electron chi connectivity index (χ2n) is 4.00. The summed E-state index contributed by atoms with van der Waals surface area (Å²) < 4.78 is 5.07. The van der Waals surface area contributed by atoms with E-state index in [-0.39, 0.29) is 18.9 Å². The summed E-state index contributed by atoms with van der Waals surface area (Å²) in [6.45, 7) is 5.91. The summed E-state index contributed by atoms with van der Waals surface area (Å²) in [6.07, 6.45) is 0.160. The maximum Gasteiger partial charge on any atom is 0.304 e. The zero-order chi connectivity index (χ0) is 12.7. The van der Waals surface area contributed by atoms with E-state index in [9.17, 15) is 9.59 Å². The van der Waals surface area contributed by atoms with Gasteiger partial charge in [-0.1, -0.05) is 0 Å². The Bertz CT molecular complexity index is 262. The molecule has 0 radical (unpaired) electrons. The molecule has 1 rings (SSSR count). The minimum absolute atomic E-state index is 0.0183. The molecular formula is C11H20N2O4. The van der Waals surface area contributed by atoms with Crippen molar-refractivity contribution in [3.8, 4) is 0 Å². The van der Waals surface area contributed by atoms with Gasteiger partial charge < -0.3 is 14.7 Å². The molecule has 1 heterocycles. The summed E-state index contributed by atoms with van der Waals surface area (Å²) in [5.41, 5.74) is 0. The Morgan fingerprint density at radius 1 is 1.24 bits per heavy atom. The third kappa shape index (κ3) is 5.14. The van der Waals surface area contributed by atoms with Gasteiger partial charge >= 0.3 is 5.97 Å². The highest BCUT2D eigenvalue weighted by Gasteiger charge is 2.20. The molecule has 0 aromatic carbocycles. The summed E-state index contributed by atoms with van der Waals surface area (Å²) in [5.74, 6) is -0.760. The minimum atomic E-state index is -0.778. The lowest BCUT2D eigenvalue weighted by Crippen LogP contribution is -2.50. The van der Waals surface area contributed by atoms with E-state index in [2.05, 4.69) is 4.90 Å². The number of piperazine rings is 1. The number of carbonyl (C=O) groups is 2. The first-order valence-corrected chi connectivity index (χ1v) is 5.93. The van der Waals surface area contributed by atoms with Crippen LogP contribution >= 0.6 is 0 Å². The van der Waals surface area contributed by atoms with E-state index in [0.717, 1.165) is 13.1 Å². The third-order valence-corrected chi connectivity index (χ3v) is 2.80. The van der Waals surface area contributed by atoms with Crippen molar-refractivity contribution in [2.45, 2.75) is 13.3 Å². The van der Waals surface area contributed by atoms with Crippen LogP contribution in [0.1, 0.15) is 13.3 Å². The smallest absolute Gasteiger partial charge is 0.304 e. The third-order valence-electron chi connectivity index (χ3n) is 2.80. The molecule has 1 saturated heterocycles. The van der Waals surface area contributed by atoms with Crippen LogP contribution in [0.3, 0.4) is 0 Å². The molecule has 0 aromatic rings. The number of rotatable bonds is 6. The van der Waals surface area contributed by atoms with Crippen LogP contribution in [0.25, 0.3) is 0 Å². The van der Waals surface area contributed by atoms with Gasteiger partial charge in [0.05, 0.1) is 6.42 Å². The van der Waals surface area contributed by atoms with Crippen molar-refractivity contribution in [3.05, 3.63) is 0 Å². The van der Waals surface area contributed by atoms with Crippen molar-refractivity contribution in [2.24, 2.45) is 0 Å². The molecule has 0 spiro atoms. The van der Waals surface area contributed by atoms with Crippen LogP contribution in [0.4, 0.5) is 0 Å². The van der Waals surface area contributed by atoms with E-state index in [1.165, 1.54) is 0 Å². The SMILES string of the molecule is CCOCC(=O)N1CCN(CCC(=O)O)CC1. The zero-order valence-corrected chi connectivity index (χ0v) is 10.2. The number of carboxylic acid groups (broad SMARTS) is 1. The van der Waals surface area contributed by atoms with Gasteiger partial charge in [0.25, 0.3) is 0 Å². The Morgan fingerprint density at radius 2 is 1.88 bits per heavy atom. The number of carbonyl (C=O) groups excluding carboxylic acids is 1. The van der Waals surface area contributed by atoms with E-state index in [4.69, 9.17) is 9.84 Å². The average molecular weight is 244 g/mol. The Balaban J connectivity index is 2.20. The summed E-state index contributed by atoms with van der Waals surface area (Å²) in [5, 5.41) is 8.57. The van der Waals surface area contributed by atoms with Gasteiger partial charge in [-0.25, -0.2) is 0 Å². The van der Waals surface area contributed by atoms with Crippen molar-refractivity contribution >= 4 is 11.9 Å². The van der Waals surface area contributed by atoms with Gasteiger partial charge in [0.15, 0.2) is 0 Å². The number of hydrogen-bond donors (Lipinski definition) is 1. The fourth-order valence-corrected chi connectivity index (χ4v) is 1.76. The Kier molecular flexibility index (Phi) is 5.93. The number of nitrogens with zero attached hydrogens (tertiary/aromatic N) is 2. The van der Waals surface area contributed by atoms with E-state index >= 15 is 0 Å². The highest BCUT2D eigenvalue weighted by Crippen LogP contribution is 2.03. The van der Waals surface area contributed by atoms with Crippen LogP contribution in [0, 0.1) is 0 Å². The van der Waals surface area contributed by atoms with Gasteiger partial charge in [0.1, 0.15) is 6.61 Å². The van der Waals surface area contributed by atoms with Crippen LogP contribution < -0.4 is 0 Å². The quantitative estimate of drug-likeness (QED) is 0.691. The summed E-state index contributed by atoms with van der Waals surface area (Å²) in [7, 11) is 0. The van der Waals surface area contributed by atoms with Gasteiger partial charge in [0, 0.05) is 39.3 Å². The first kappa shape index (κ1) is 13.9. The van der Waals surface area contributed by atoms with Gasteiger partial charge in [-0.05, 0) is 6.92 Å². The molecule has 0 aromatic heterocycles. The molecule has 1 amide bonds. The van der Waals surface area contributed by atoms with Crippen molar-refractivity contribution in [1.82, 2.24) is 9.80 Å². The number of aliphatic carboxylic acids is 1. The van der Waals surface area contributed by atoms with Crippen LogP contribution in [0.2, 0.25) is 0 Å². The Labute approximate surface area is 101 Å². The molecule has 6 nitrogen and oxygen atoms in total. The van der Waals surface area contributed by atoms with E-state index in [1.807, 2.05) is 6.92 Å². The standard InChI is InChI=1S/C11H20N2O4/c1-2-17-9-10(14)13-7-5-12(6-8-13)4-3-11(15)16/h2-9H2,1H3,(H,15,16). The average Bonchev–Trinajstić information content (AvgIpc) is 2.34. The molecule has 17 heavy (non-hydrogen) atoms. The van der Waals surface area contributed by atoms with Crippen molar-refractivity contribution in [1.29, 1.82) is 0 Å². The lowest BCUT2D eigenvalue weighted by Gasteiger charge is -2.34.